The molecule has 2 heterocycles. The fourth-order valence-electron chi connectivity index (χ4n) is 2.81. The maximum absolute atomic E-state index is 12.3. The Hall–Kier alpha value is -2.34. The van der Waals surface area contributed by atoms with E-state index in [2.05, 4.69) is 27.3 Å². The normalized spacial score (nSPS) is 15.7. The van der Waals surface area contributed by atoms with Gasteiger partial charge >= 0.3 is 0 Å². The molecule has 0 atom stereocenters. The van der Waals surface area contributed by atoms with Gasteiger partial charge in [-0.15, -0.1) is 0 Å². The Morgan fingerprint density at radius 1 is 1.09 bits per heavy atom. The van der Waals surface area contributed by atoms with Crippen LogP contribution in [0.5, 0.6) is 0 Å². The summed E-state index contributed by atoms with van der Waals surface area (Å²) in [6, 6.07) is 7.82. The molecule has 2 aromatic rings. The van der Waals surface area contributed by atoms with E-state index in [4.69, 9.17) is 0 Å². The second kappa shape index (κ2) is 6.42. The average Bonchev–Trinajstić information content (AvgIpc) is 2.86. The number of aromatic nitrogens is 2. The van der Waals surface area contributed by atoms with E-state index in [1.165, 1.54) is 5.69 Å². The van der Waals surface area contributed by atoms with Crippen LogP contribution in [0, 0.1) is 6.92 Å². The van der Waals surface area contributed by atoms with Crippen LogP contribution in [0.1, 0.15) is 16.1 Å². The number of piperazine rings is 1. The number of carbonyl (C=O) groups is 1. The van der Waals surface area contributed by atoms with E-state index in [1.54, 1.807) is 4.68 Å². The first-order chi connectivity index (χ1) is 11.0. The summed E-state index contributed by atoms with van der Waals surface area (Å²) in [5.41, 5.74) is 3.40. The largest absolute Gasteiger partial charge is 0.369 e. The van der Waals surface area contributed by atoms with E-state index < -0.39 is 0 Å². The zero-order valence-electron chi connectivity index (χ0n) is 13.9. The van der Waals surface area contributed by atoms with Gasteiger partial charge in [0.2, 0.25) is 0 Å². The number of benzene rings is 1. The highest BCUT2D eigenvalue weighted by molar-refractivity contribution is 6.04. The van der Waals surface area contributed by atoms with Gasteiger partial charge in [-0.3, -0.25) is 9.48 Å². The molecule has 1 aromatic heterocycles. The molecule has 1 N–H and O–H groups in total. The lowest BCUT2D eigenvalue weighted by atomic mass is 10.1. The summed E-state index contributed by atoms with van der Waals surface area (Å²) in [6.07, 6.45) is 1.81. The smallest absolute Gasteiger partial charge is 0.255 e. The SMILES string of the molecule is Cc1nn(C)cc1NC(=O)c1ccc(N2CCN(C)CC2)cc1. The molecule has 1 amide bonds. The van der Waals surface area contributed by atoms with Gasteiger partial charge in [-0.2, -0.15) is 5.10 Å². The summed E-state index contributed by atoms with van der Waals surface area (Å²) in [5, 5.41) is 7.14. The molecule has 1 saturated heterocycles. The van der Waals surface area contributed by atoms with Crippen molar-refractivity contribution in [2.45, 2.75) is 6.92 Å². The van der Waals surface area contributed by atoms with E-state index in [9.17, 15) is 4.79 Å². The number of hydrogen-bond donors (Lipinski definition) is 1. The first-order valence-corrected chi connectivity index (χ1v) is 7.88. The fraction of sp³-hybridized carbons (Fsp3) is 0.412. The van der Waals surface area contributed by atoms with Gasteiger partial charge in [0, 0.05) is 50.7 Å². The van der Waals surface area contributed by atoms with Gasteiger partial charge in [0.15, 0.2) is 0 Å². The van der Waals surface area contributed by atoms with Gasteiger partial charge in [0.1, 0.15) is 0 Å². The number of amides is 1. The molecule has 1 aliphatic rings. The Morgan fingerprint density at radius 2 is 1.74 bits per heavy atom. The van der Waals surface area contributed by atoms with Crippen LogP contribution in [0.2, 0.25) is 0 Å². The molecule has 0 saturated carbocycles. The van der Waals surface area contributed by atoms with Crippen molar-refractivity contribution in [3.8, 4) is 0 Å². The van der Waals surface area contributed by atoms with Crippen LogP contribution < -0.4 is 10.2 Å². The van der Waals surface area contributed by atoms with Crippen molar-refractivity contribution in [2.75, 3.05) is 43.4 Å². The van der Waals surface area contributed by atoms with Gasteiger partial charge in [-0.05, 0) is 38.2 Å². The van der Waals surface area contributed by atoms with E-state index in [0.29, 0.717) is 5.56 Å². The minimum absolute atomic E-state index is 0.106. The molecule has 6 nitrogen and oxygen atoms in total. The van der Waals surface area contributed by atoms with Crippen LogP contribution in [-0.2, 0) is 7.05 Å². The Labute approximate surface area is 136 Å². The predicted molar refractivity (Wildman–Crippen MR) is 92.1 cm³/mol. The van der Waals surface area contributed by atoms with Crippen molar-refractivity contribution in [3.05, 3.63) is 41.7 Å². The molecule has 1 aromatic carbocycles. The van der Waals surface area contributed by atoms with Gasteiger partial charge in [0.05, 0.1) is 11.4 Å². The van der Waals surface area contributed by atoms with Crippen molar-refractivity contribution in [1.82, 2.24) is 14.7 Å². The summed E-state index contributed by atoms with van der Waals surface area (Å²) >= 11 is 0. The first kappa shape index (κ1) is 15.6. The molecule has 1 aliphatic heterocycles. The van der Waals surface area contributed by atoms with E-state index in [0.717, 1.165) is 37.6 Å². The van der Waals surface area contributed by atoms with Gasteiger partial charge < -0.3 is 15.1 Å². The topological polar surface area (TPSA) is 53.4 Å². The molecule has 23 heavy (non-hydrogen) atoms. The number of anilines is 2. The lowest BCUT2D eigenvalue weighted by Crippen LogP contribution is -2.44. The van der Waals surface area contributed by atoms with Crippen LogP contribution in [0.4, 0.5) is 11.4 Å². The van der Waals surface area contributed by atoms with E-state index >= 15 is 0 Å². The van der Waals surface area contributed by atoms with Crippen LogP contribution in [0.3, 0.4) is 0 Å². The maximum Gasteiger partial charge on any atom is 0.255 e. The number of aryl methyl sites for hydroxylation is 2. The van der Waals surface area contributed by atoms with Crippen molar-refractivity contribution in [1.29, 1.82) is 0 Å². The van der Waals surface area contributed by atoms with Crippen LogP contribution in [-0.4, -0.2) is 53.8 Å². The Balaban J connectivity index is 1.67. The van der Waals surface area contributed by atoms with Crippen molar-refractivity contribution in [3.63, 3.8) is 0 Å². The third-order valence-electron chi connectivity index (χ3n) is 4.26. The standard InChI is InChI=1S/C17H23N5O/c1-13-16(12-21(3)19-13)18-17(23)14-4-6-15(7-5-14)22-10-8-20(2)9-11-22/h4-7,12H,8-11H2,1-3H3,(H,18,23). The van der Waals surface area contributed by atoms with E-state index in [1.807, 2.05) is 44.4 Å². The van der Waals surface area contributed by atoms with Crippen molar-refractivity contribution >= 4 is 17.3 Å². The van der Waals surface area contributed by atoms with E-state index in [-0.39, 0.29) is 5.91 Å². The summed E-state index contributed by atoms with van der Waals surface area (Å²) in [7, 11) is 3.98. The number of likely N-dealkylation sites (N-methyl/N-ethyl adjacent to an activating group) is 1. The highest BCUT2D eigenvalue weighted by Crippen LogP contribution is 2.18. The number of nitrogens with zero attached hydrogens (tertiary/aromatic N) is 4. The van der Waals surface area contributed by atoms with Crippen molar-refractivity contribution < 1.29 is 4.79 Å². The third-order valence-corrected chi connectivity index (χ3v) is 4.26. The Bertz CT molecular complexity index is 684. The molecular weight excluding hydrogens is 290 g/mol. The zero-order valence-corrected chi connectivity index (χ0v) is 13.9. The molecule has 0 unspecified atom stereocenters. The molecule has 0 aliphatic carbocycles. The number of nitrogens with one attached hydrogen (secondary N) is 1. The molecule has 3 rings (SSSR count). The second-order valence-corrected chi connectivity index (χ2v) is 6.09. The fourth-order valence-corrected chi connectivity index (χ4v) is 2.81. The number of hydrogen-bond acceptors (Lipinski definition) is 4. The number of carbonyl (C=O) groups excluding carboxylic acids is 1. The number of rotatable bonds is 3. The average molecular weight is 313 g/mol. The van der Waals surface area contributed by atoms with Gasteiger partial charge in [0.25, 0.3) is 5.91 Å². The first-order valence-electron chi connectivity index (χ1n) is 7.88. The Kier molecular flexibility index (Phi) is 4.34. The summed E-state index contributed by atoms with van der Waals surface area (Å²) in [6.45, 7) is 6.07. The monoisotopic (exact) mass is 313 g/mol. The highest BCUT2D eigenvalue weighted by Gasteiger charge is 2.15. The minimum Gasteiger partial charge on any atom is -0.369 e. The summed E-state index contributed by atoms with van der Waals surface area (Å²) in [5.74, 6) is -0.106. The third kappa shape index (κ3) is 3.53. The van der Waals surface area contributed by atoms with Gasteiger partial charge in [-0.25, -0.2) is 0 Å². The molecule has 0 radical (unpaired) electrons. The second-order valence-electron chi connectivity index (χ2n) is 6.09. The van der Waals surface area contributed by atoms with Crippen LogP contribution in [0.15, 0.2) is 30.5 Å². The maximum atomic E-state index is 12.3. The molecule has 122 valence electrons. The minimum atomic E-state index is -0.106. The lowest BCUT2D eigenvalue weighted by Gasteiger charge is -2.34. The lowest BCUT2D eigenvalue weighted by molar-refractivity contribution is 0.102. The molecule has 0 bridgehead atoms. The molecule has 0 spiro atoms. The molecular formula is C17H23N5O. The van der Waals surface area contributed by atoms with Crippen LogP contribution >= 0.6 is 0 Å². The molecule has 1 fully saturated rings. The quantitative estimate of drug-likeness (QED) is 0.938. The molecule has 6 heteroatoms. The van der Waals surface area contributed by atoms with Gasteiger partial charge in [-0.1, -0.05) is 0 Å². The zero-order chi connectivity index (χ0) is 16.4. The Morgan fingerprint density at radius 3 is 2.30 bits per heavy atom. The predicted octanol–water partition coefficient (Wildman–Crippen LogP) is 1.73. The van der Waals surface area contributed by atoms with Crippen LogP contribution in [0.25, 0.3) is 0 Å². The summed E-state index contributed by atoms with van der Waals surface area (Å²) in [4.78, 5) is 17.0. The highest BCUT2D eigenvalue weighted by atomic mass is 16.1. The summed E-state index contributed by atoms with van der Waals surface area (Å²) < 4.78 is 1.70. The van der Waals surface area contributed by atoms with Crippen molar-refractivity contribution in [2.24, 2.45) is 7.05 Å².